The van der Waals surface area contributed by atoms with Crippen molar-refractivity contribution in [1.82, 2.24) is 9.80 Å². The second-order valence-corrected chi connectivity index (χ2v) is 5.28. The van der Waals surface area contributed by atoms with Gasteiger partial charge in [-0.05, 0) is 43.3 Å². The van der Waals surface area contributed by atoms with Gasteiger partial charge in [-0.2, -0.15) is 0 Å². The van der Waals surface area contributed by atoms with Gasteiger partial charge in [0.2, 0.25) is 5.91 Å². The maximum Gasteiger partial charge on any atom is 0.241 e. The van der Waals surface area contributed by atoms with Crippen molar-refractivity contribution in [3.63, 3.8) is 0 Å². The lowest BCUT2D eigenvalue weighted by molar-refractivity contribution is -0.128. The highest BCUT2D eigenvalue weighted by atomic mass is 32.1. The molecular formula is C14H21N3OS. The summed E-state index contributed by atoms with van der Waals surface area (Å²) >= 11 is 5.31. The van der Waals surface area contributed by atoms with Gasteiger partial charge in [-0.1, -0.05) is 12.1 Å². The van der Waals surface area contributed by atoms with Crippen LogP contribution in [0, 0.1) is 13.8 Å². The largest absolute Gasteiger partial charge is 0.347 e. The van der Waals surface area contributed by atoms with Crippen molar-refractivity contribution in [3.8, 4) is 0 Å². The molecule has 0 aliphatic heterocycles. The topological polar surface area (TPSA) is 35.6 Å². The molecule has 1 N–H and O–H groups in total. The summed E-state index contributed by atoms with van der Waals surface area (Å²) in [5.74, 6) is 0.0209. The number of benzene rings is 1. The van der Waals surface area contributed by atoms with Gasteiger partial charge in [-0.15, -0.1) is 0 Å². The zero-order chi connectivity index (χ0) is 14.6. The van der Waals surface area contributed by atoms with Crippen molar-refractivity contribution in [2.24, 2.45) is 0 Å². The van der Waals surface area contributed by atoms with Gasteiger partial charge >= 0.3 is 0 Å². The van der Waals surface area contributed by atoms with Crippen LogP contribution in [0.3, 0.4) is 0 Å². The van der Waals surface area contributed by atoms with Crippen LogP contribution >= 0.6 is 12.2 Å². The van der Waals surface area contributed by atoms with Crippen LogP contribution in [0.4, 0.5) is 5.69 Å². The molecule has 0 aromatic heterocycles. The predicted octanol–water partition coefficient (Wildman–Crippen LogP) is 2.02. The van der Waals surface area contributed by atoms with Crippen molar-refractivity contribution in [1.29, 1.82) is 0 Å². The minimum Gasteiger partial charge on any atom is -0.347 e. The molecule has 0 atom stereocenters. The van der Waals surface area contributed by atoms with E-state index >= 15 is 0 Å². The first-order valence-electron chi connectivity index (χ1n) is 6.10. The van der Waals surface area contributed by atoms with Gasteiger partial charge in [0.25, 0.3) is 0 Å². The second-order valence-electron chi connectivity index (χ2n) is 4.89. The fraction of sp³-hybridized carbons (Fsp3) is 0.429. The van der Waals surface area contributed by atoms with E-state index in [1.807, 2.05) is 33.0 Å². The fourth-order valence-electron chi connectivity index (χ4n) is 1.50. The van der Waals surface area contributed by atoms with Crippen molar-refractivity contribution in [2.45, 2.75) is 13.8 Å². The zero-order valence-electron chi connectivity index (χ0n) is 12.2. The Kier molecular flexibility index (Phi) is 5.30. The van der Waals surface area contributed by atoms with E-state index in [9.17, 15) is 4.79 Å². The molecule has 5 heteroatoms. The number of anilines is 1. The predicted molar refractivity (Wildman–Crippen MR) is 83.5 cm³/mol. The van der Waals surface area contributed by atoms with E-state index in [1.165, 1.54) is 5.56 Å². The normalized spacial score (nSPS) is 9.95. The van der Waals surface area contributed by atoms with Crippen LogP contribution in [0.2, 0.25) is 0 Å². The Hall–Kier alpha value is -1.62. The number of aryl methyl sites for hydroxylation is 2. The summed E-state index contributed by atoms with van der Waals surface area (Å²) < 4.78 is 0. The standard InChI is InChI=1S/C14H21N3OS/c1-10-6-7-11(2)12(8-10)15-14(19)17(5)9-13(18)16(3)4/h6-8H,9H2,1-5H3,(H,15,19). The number of hydrogen-bond acceptors (Lipinski definition) is 2. The first-order chi connectivity index (χ1) is 8.81. The van der Waals surface area contributed by atoms with Crippen LogP contribution in [0.25, 0.3) is 0 Å². The lowest BCUT2D eigenvalue weighted by Crippen LogP contribution is -2.39. The molecule has 1 aromatic carbocycles. The van der Waals surface area contributed by atoms with Crippen LogP contribution in [-0.2, 0) is 4.79 Å². The quantitative estimate of drug-likeness (QED) is 0.859. The highest BCUT2D eigenvalue weighted by Gasteiger charge is 2.12. The number of nitrogens with zero attached hydrogens (tertiary/aromatic N) is 2. The van der Waals surface area contributed by atoms with E-state index in [-0.39, 0.29) is 12.5 Å². The van der Waals surface area contributed by atoms with Crippen LogP contribution in [0.15, 0.2) is 18.2 Å². The Morgan fingerprint density at radius 1 is 1.26 bits per heavy atom. The lowest BCUT2D eigenvalue weighted by atomic mass is 10.1. The third-order valence-electron chi connectivity index (χ3n) is 2.85. The molecule has 0 aliphatic carbocycles. The molecule has 1 aromatic rings. The zero-order valence-corrected chi connectivity index (χ0v) is 13.0. The number of carbonyl (C=O) groups is 1. The summed E-state index contributed by atoms with van der Waals surface area (Å²) in [6.07, 6.45) is 0. The Labute approximate surface area is 120 Å². The SMILES string of the molecule is Cc1ccc(C)c(NC(=S)N(C)CC(=O)N(C)C)c1. The Bertz CT molecular complexity index is 486. The molecule has 0 aliphatic rings. The average Bonchev–Trinajstić information content (AvgIpc) is 2.33. The second kappa shape index (κ2) is 6.52. The molecular weight excluding hydrogens is 258 g/mol. The van der Waals surface area contributed by atoms with Crippen molar-refractivity contribution >= 4 is 28.9 Å². The van der Waals surface area contributed by atoms with Crippen LogP contribution in [-0.4, -0.2) is 48.5 Å². The van der Waals surface area contributed by atoms with Gasteiger partial charge < -0.3 is 15.1 Å². The highest BCUT2D eigenvalue weighted by molar-refractivity contribution is 7.80. The summed E-state index contributed by atoms with van der Waals surface area (Å²) in [4.78, 5) is 14.9. The van der Waals surface area contributed by atoms with Gasteiger partial charge in [0.1, 0.15) is 0 Å². The van der Waals surface area contributed by atoms with Crippen LogP contribution < -0.4 is 5.32 Å². The Morgan fingerprint density at radius 2 is 1.89 bits per heavy atom. The fourth-order valence-corrected chi connectivity index (χ4v) is 1.67. The van der Waals surface area contributed by atoms with Crippen LogP contribution in [0.5, 0.6) is 0 Å². The monoisotopic (exact) mass is 279 g/mol. The van der Waals surface area contributed by atoms with E-state index in [4.69, 9.17) is 12.2 Å². The van der Waals surface area contributed by atoms with Gasteiger partial charge in [0, 0.05) is 26.8 Å². The molecule has 0 bridgehead atoms. The Balaban J connectivity index is 2.69. The molecule has 0 heterocycles. The summed E-state index contributed by atoms with van der Waals surface area (Å²) in [6, 6.07) is 6.15. The van der Waals surface area contributed by atoms with Crippen molar-refractivity contribution < 1.29 is 4.79 Å². The molecule has 1 amide bonds. The van der Waals surface area contributed by atoms with Crippen LogP contribution in [0.1, 0.15) is 11.1 Å². The highest BCUT2D eigenvalue weighted by Crippen LogP contribution is 2.16. The van der Waals surface area contributed by atoms with Crippen molar-refractivity contribution in [2.75, 3.05) is 33.0 Å². The third kappa shape index (κ3) is 4.52. The average molecular weight is 279 g/mol. The van der Waals surface area contributed by atoms with E-state index in [0.29, 0.717) is 5.11 Å². The number of thiocarbonyl (C=S) groups is 1. The van der Waals surface area contributed by atoms with Gasteiger partial charge in [0.15, 0.2) is 5.11 Å². The molecule has 0 unspecified atom stereocenters. The molecule has 104 valence electrons. The van der Waals surface area contributed by atoms with E-state index in [1.54, 1.807) is 23.9 Å². The number of carbonyl (C=O) groups excluding carboxylic acids is 1. The maximum absolute atomic E-state index is 11.6. The van der Waals surface area contributed by atoms with E-state index < -0.39 is 0 Å². The summed E-state index contributed by atoms with van der Waals surface area (Å²) in [6.45, 7) is 4.33. The molecule has 1 rings (SSSR count). The molecule has 19 heavy (non-hydrogen) atoms. The molecule has 0 saturated carbocycles. The number of likely N-dealkylation sites (N-methyl/N-ethyl adjacent to an activating group) is 2. The minimum absolute atomic E-state index is 0.0209. The summed E-state index contributed by atoms with van der Waals surface area (Å²) in [5, 5.41) is 3.73. The first kappa shape index (κ1) is 15.4. The number of rotatable bonds is 3. The van der Waals surface area contributed by atoms with Gasteiger partial charge in [0.05, 0.1) is 6.54 Å². The van der Waals surface area contributed by atoms with Crippen molar-refractivity contribution in [3.05, 3.63) is 29.3 Å². The smallest absolute Gasteiger partial charge is 0.241 e. The maximum atomic E-state index is 11.6. The first-order valence-corrected chi connectivity index (χ1v) is 6.51. The molecule has 0 spiro atoms. The molecule has 0 saturated heterocycles. The Morgan fingerprint density at radius 3 is 2.47 bits per heavy atom. The van der Waals surface area contributed by atoms with Gasteiger partial charge in [-0.3, -0.25) is 4.79 Å². The number of amides is 1. The third-order valence-corrected chi connectivity index (χ3v) is 3.27. The molecule has 0 fully saturated rings. The number of hydrogen-bond donors (Lipinski definition) is 1. The molecule has 0 radical (unpaired) electrons. The molecule has 4 nitrogen and oxygen atoms in total. The summed E-state index contributed by atoms with van der Waals surface area (Å²) in [7, 11) is 5.27. The van der Waals surface area contributed by atoms with E-state index in [0.717, 1.165) is 11.3 Å². The van der Waals surface area contributed by atoms with Gasteiger partial charge in [-0.25, -0.2) is 0 Å². The minimum atomic E-state index is 0.0209. The summed E-state index contributed by atoms with van der Waals surface area (Å²) in [5.41, 5.74) is 3.28. The van der Waals surface area contributed by atoms with E-state index in [2.05, 4.69) is 11.4 Å². The number of nitrogens with one attached hydrogen (secondary N) is 1. The lowest BCUT2D eigenvalue weighted by Gasteiger charge is -2.23.